The van der Waals surface area contributed by atoms with E-state index in [1.165, 1.54) is 17.5 Å². The van der Waals surface area contributed by atoms with Gasteiger partial charge in [0.05, 0.1) is 36.7 Å². The maximum Gasteiger partial charge on any atom is 0.407 e. The normalized spacial score (nSPS) is 13.3. The van der Waals surface area contributed by atoms with Crippen LogP contribution >= 0.6 is 34.5 Å². The number of benzene rings is 1. The van der Waals surface area contributed by atoms with E-state index in [4.69, 9.17) is 37.4 Å². The van der Waals surface area contributed by atoms with Gasteiger partial charge in [0, 0.05) is 57.8 Å². The van der Waals surface area contributed by atoms with Crippen LogP contribution < -0.4 is 20.9 Å². The van der Waals surface area contributed by atoms with Gasteiger partial charge >= 0.3 is 6.09 Å². The number of amides is 2. The molecule has 0 atom stereocenters. The van der Waals surface area contributed by atoms with E-state index >= 15 is 0 Å². The van der Waals surface area contributed by atoms with Crippen LogP contribution in [0.3, 0.4) is 0 Å². The number of ether oxygens (including phenoxy) is 3. The average Bonchev–Trinajstić information content (AvgIpc) is 3.55. The number of alkyl halides is 1. The number of para-hydroxylation sites is 1. The van der Waals surface area contributed by atoms with Crippen LogP contribution in [-0.4, -0.2) is 110 Å². The van der Waals surface area contributed by atoms with Gasteiger partial charge in [0.15, 0.2) is 5.13 Å². The summed E-state index contributed by atoms with van der Waals surface area (Å²) in [5.41, 5.74) is 1.46. The Labute approximate surface area is 302 Å². The number of hydrogen-bond donors (Lipinski definition) is 3. The van der Waals surface area contributed by atoms with Crippen molar-refractivity contribution in [2.75, 3.05) is 93.7 Å². The van der Waals surface area contributed by atoms with Crippen molar-refractivity contribution in [3.8, 4) is 0 Å². The summed E-state index contributed by atoms with van der Waals surface area (Å²) in [6.45, 7) is 10.4. The van der Waals surface area contributed by atoms with Crippen molar-refractivity contribution < 1.29 is 23.8 Å². The summed E-state index contributed by atoms with van der Waals surface area (Å²) in [5.74, 6) is 2.45. The summed E-state index contributed by atoms with van der Waals surface area (Å²) in [6.07, 6.45) is 5.43. The molecule has 16 heteroatoms. The molecule has 1 aliphatic rings. The maximum absolute atomic E-state index is 12.8. The van der Waals surface area contributed by atoms with Gasteiger partial charge in [0.25, 0.3) is 5.91 Å². The highest BCUT2D eigenvalue weighted by Gasteiger charge is 2.20. The smallest absolute Gasteiger partial charge is 0.407 e. The molecule has 1 aliphatic heterocycles. The number of carbonyl (C=O) groups excluding carboxylic acids is 2. The lowest BCUT2D eigenvalue weighted by molar-refractivity contribution is 0.0467. The minimum absolute atomic E-state index is 0.284. The van der Waals surface area contributed by atoms with Crippen LogP contribution in [-0.2, 0) is 14.2 Å². The van der Waals surface area contributed by atoms with Crippen molar-refractivity contribution in [3.63, 3.8) is 0 Å². The Morgan fingerprint density at radius 2 is 1.73 bits per heavy atom. The number of aryl methyl sites for hydroxylation is 2. The van der Waals surface area contributed by atoms with Crippen molar-refractivity contribution >= 4 is 69.0 Å². The fraction of sp³-hybridized carbons (Fsp3) is 0.545. The average molecular weight is 738 g/mol. The largest absolute Gasteiger partial charge is 0.448 e. The predicted octanol–water partition coefficient (Wildman–Crippen LogP) is 5.88. The molecule has 4 rings (SSSR count). The van der Waals surface area contributed by atoms with Crippen molar-refractivity contribution in [2.24, 2.45) is 0 Å². The highest BCUT2D eigenvalue weighted by Crippen LogP contribution is 2.28. The summed E-state index contributed by atoms with van der Waals surface area (Å²) in [5, 5.41) is 9.82. The first kappa shape index (κ1) is 38.5. The summed E-state index contributed by atoms with van der Waals surface area (Å²) in [6, 6.07) is 7.34. The van der Waals surface area contributed by atoms with E-state index in [1.54, 1.807) is 6.07 Å². The molecule has 0 saturated carbocycles. The molecule has 1 saturated heterocycles. The van der Waals surface area contributed by atoms with Crippen LogP contribution in [0.5, 0.6) is 0 Å². The van der Waals surface area contributed by atoms with Gasteiger partial charge in [0.1, 0.15) is 28.9 Å². The first-order chi connectivity index (χ1) is 23.8. The SMILES string of the molecule is Cc1nc(Nc2ncc(C(=O)Nc3c(C)cccc3Cl)s2)cc(N2CCN(CCOC(=O)NCCOCCOCCCCCCCl)CC2)n1. The van der Waals surface area contributed by atoms with E-state index in [9.17, 15) is 9.59 Å². The van der Waals surface area contributed by atoms with Crippen molar-refractivity contribution in [2.45, 2.75) is 39.5 Å². The third-order valence-corrected chi connectivity index (χ3v) is 9.14. The Morgan fingerprint density at radius 1 is 0.959 bits per heavy atom. The second-order valence-electron chi connectivity index (χ2n) is 11.4. The zero-order valence-corrected chi connectivity index (χ0v) is 30.5. The van der Waals surface area contributed by atoms with Crippen LogP contribution in [0.2, 0.25) is 5.02 Å². The molecule has 13 nitrogen and oxygen atoms in total. The quantitative estimate of drug-likeness (QED) is 0.0946. The number of alkyl carbamates (subject to hydrolysis) is 1. The Hall–Kier alpha value is -3.27. The predicted molar refractivity (Wildman–Crippen MR) is 195 cm³/mol. The Bertz CT molecular complexity index is 1450. The van der Waals surface area contributed by atoms with E-state index in [-0.39, 0.29) is 5.91 Å². The molecule has 3 heterocycles. The minimum Gasteiger partial charge on any atom is -0.448 e. The van der Waals surface area contributed by atoms with E-state index in [1.807, 2.05) is 32.0 Å². The number of nitrogens with zero attached hydrogens (tertiary/aromatic N) is 5. The van der Waals surface area contributed by atoms with E-state index in [0.717, 1.165) is 75.7 Å². The van der Waals surface area contributed by atoms with Crippen molar-refractivity contribution in [1.82, 2.24) is 25.2 Å². The molecule has 3 N–H and O–H groups in total. The van der Waals surface area contributed by atoms with Gasteiger partial charge in [-0.3, -0.25) is 9.69 Å². The second-order valence-corrected chi connectivity index (χ2v) is 13.2. The lowest BCUT2D eigenvalue weighted by atomic mass is 10.2. The highest BCUT2D eigenvalue weighted by molar-refractivity contribution is 7.17. The van der Waals surface area contributed by atoms with Crippen LogP contribution in [0.1, 0.15) is 46.7 Å². The zero-order valence-electron chi connectivity index (χ0n) is 28.1. The number of hydrogen-bond acceptors (Lipinski definition) is 12. The van der Waals surface area contributed by atoms with Crippen LogP contribution in [0, 0.1) is 13.8 Å². The lowest BCUT2D eigenvalue weighted by Crippen LogP contribution is -2.48. The maximum atomic E-state index is 12.8. The molecule has 2 aromatic heterocycles. The molecule has 268 valence electrons. The van der Waals surface area contributed by atoms with Gasteiger partial charge in [-0.2, -0.15) is 0 Å². The monoisotopic (exact) mass is 736 g/mol. The van der Waals surface area contributed by atoms with Crippen molar-refractivity contribution in [1.29, 1.82) is 0 Å². The number of aromatic nitrogens is 3. The molecule has 3 aromatic rings. The molecule has 49 heavy (non-hydrogen) atoms. The first-order valence-electron chi connectivity index (χ1n) is 16.6. The molecule has 1 aromatic carbocycles. The molecular formula is C33H46Cl2N8O5S. The van der Waals surface area contributed by atoms with Gasteiger partial charge in [-0.1, -0.05) is 47.9 Å². The molecule has 0 aliphatic carbocycles. The number of anilines is 4. The van der Waals surface area contributed by atoms with Crippen LogP contribution in [0.4, 0.5) is 27.2 Å². The summed E-state index contributed by atoms with van der Waals surface area (Å²) in [4.78, 5) is 43.3. The third kappa shape index (κ3) is 13.5. The number of piperazine rings is 1. The van der Waals surface area contributed by atoms with Gasteiger partial charge in [0.2, 0.25) is 0 Å². The molecule has 1 fully saturated rings. The Balaban J connectivity index is 1.10. The Morgan fingerprint density at radius 3 is 2.51 bits per heavy atom. The topological polar surface area (TPSA) is 143 Å². The summed E-state index contributed by atoms with van der Waals surface area (Å²) in [7, 11) is 0. The standard InChI is InChI=1S/C33H46Cl2N8O5S/c1-24-8-7-9-26(35)30(24)41-31(44)27-23-37-32(49-27)40-28-22-29(39-25(2)38-28)43-14-12-42(13-15-43)16-19-48-33(45)36-11-18-47-21-20-46-17-6-4-3-5-10-34/h7-9,22-23H,3-6,10-21H2,1-2H3,(H,36,45)(H,41,44)(H,37,38,39,40). The number of nitrogens with one attached hydrogen (secondary N) is 3. The van der Waals surface area contributed by atoms with Gasteiger partial charge in [-0.05, 0) is 38.3 Å². The minimum atomic E-state index is -0.449. The van der Waals surface area contributed by atoms with Gasteiger partial charge < -0.3 is 35.1 Å². The summed E-state index contributed by atoms with van der Waals surface area (Å²) < 4.78 is 16.4. The van der Waals surface area contributed by atoms with Crippen LogP contribution in [0.15, 0.2) is 30.5 Å². The molecule has 2 amide bonds. The third-order valence-electron chi connectivity index (χ3n) is 7.65. The zero-order chi connectivity index (χ0) is 34.8. The van der Waals surface area contributed by atoms with E-state index < -0.39 is 6.09 Å². The highest BCUT2D eigenvalue weighted by atomic mass is 35.5. The summed E-state index contributed by atoms with van der Waals surface area (Å²) >= 11 is 13.2. The number of thiazole rings is 1. The van der Waals surface area contributed by atoms with E-state index in [0.29, 0.717) is 71.9 Å². The molecule has 0 radical (unpaired) electrons. The first-order valence-corrected chi connectivity index (χ1v) is 18.3. The Kier molecular flexibility index (Phi) is 16.6. The molecular weight excluding hydrogens is 691 g/mol. The van der Waals surface area contributed by atoms with Crippen molar-refractivity contribution in [3.05, 3.63) is 51.7 Å². The second kappa shape index (κ2) is 21.1. The fourth-order valence-electron chi connectivity index (χ4n) is 5.01. The number of carbonyl (C=O) groups is 2. The van der Waals surface area contributed by atoms with Gasteiger partial charge in [-0.15, -0.1) is 11.6 Å². The van der Waals surface area contributed by atoms with Crippen LogP contribution in [0.25, 0.3) is 0 Å². The molecule has 0 unspecified atom stereocenters. The van der Waals surface area contributed by atoms with Gasteiger partial charge in [-0.25, -0.2) is 19.7 Å². The number of rotatable bonds is 20. The fourth-order valence-corrected chi connectivity index (χ4v) is 6.18. The number of unbranched alkanes of at least 4 members (excludes halogenated alkanes) is 3. The molecule has 0 bridgehead atoms. The van der Waals surface area contributed by atoms with E-state index in [2.05, 4.69) is 40.7 Å². The lowest BCUT2D eigenvalue weighted by Gasteiger charge is -2.35. The molecule has 0 spiro atoms. The number of halogens is 2.